The van der Waals surface area contributed by atoms with E-state index in [0.29, 0.717) is 5.78 Å². The Morgan fingerprint density at radius 2 is 1.92 bits per heavy atom. The van der Waals surface area contributed by atoms with Crippen LogP contribution in [0.2, 0.25) is 0 Å². The minimum Gasteiger partial charge on any atom is -0.381 e. The minimum atomic E-state index is -0.0321. The highest BCUT2D eigenvalue weighted by Crippen LogP contribution is 2.20. The van der Waals surface area contributed by atoms with Gasteiger partial charge < -0.3 is 10.5 Å². The largest absolute Gasteiger partial charge is 0.381 e. The second-order valence-corrected chi connectivity index (χ2v) is 3.94. The summed E-state index contributed by atoms with van der Waals surface area (Å²) in [5, 5.41) is 0. The van der Waals surface area contributed by atoms with Crippen LogP contribution in [0.3, 0.4) is 0 Å². The summed E-state index contributed by atoms with van der Waals surface area (Å²) in [7, 11) is 0. The van der Waals surface area contributed by atoms with Gasteiger partial charge in [0.1, 0.15) is 5.78 Å². The van der Waals surface area contributed by atoms with E-state index in [1.54, 1.807) is 0 Å². The zero-order chi connectivity index (χ0) is 9.84. The molecule has 2 atom stereocenters. The van der Waals surface area contributed by atoms with Crippen molar-refractivity contribution >= 4 is 5.78 Å². The van der Waals surface area contributed by atoms with E-state index in [1.807, 2.05) is 13.8 Å². The lowest BCUT2D eigenvalue weighted by Crippen LogP contribution is -2.36. The van der Waals surface area contributed by atoms with Crippen LogP contribution in [-0.2, 0) is 9.53 Å². The number of hydrogen-bond donors (Lipinski definition) is 1. The van der Waals surface area contributed by atoms with Crippen molar-refractivity contribution in [2.24, 2.45) is 17.6 Å². The van der Waals surface area contributed by atoms with Crippen molar-refractivity contribution in [1.29, 1.82) is 0 Å². The summed E-state index contributed by atoms with van der Waals surface area (Å²) in [6, 6.07) is -0.0321. The van der Waals surface area contributed by atoms with E-state index in [1.165, 1.54) is 0 Å². The predicted molar refractivity (Wildman–Crippen MR) is 51.4 cm³/mol. The maximum atomic E-state index is 11.8. The van der Waals surface area contributed by atoms with E-state index in [4.69, 9.17) is 10.5 Å². The van der Waals surface area contributed by atoms with Crippen molar-refractivity contribution in [2.75, 3.05) is 13.2 Å². The maximum Gasteiger partial charge on any atom is 0.140 e. The Kier molecular flexibility index (Phi) is 3.88. The van der Waals surface area contributed by atoms with E-state index < -0.39 is 0 Å². The van der Waals surface area contributed by atoms with Crippen molar-refractivity contribution < 1.29 is 9.53 Å². The summed E-state index contributed by atoms with van der Waals surface area (Å²) < 4.78 is 5.21. The van der Waals surface area contributed by atoms with Crippen molar-refractivity contribution in [3.63, 3.8) is 0 Å². The molecule has 0 aromatic rings. The van der Waals surface area contributed by atoms with Crippen LogP contribution in [0, 0.1) is 11.8 Å². The Labute approximate surface area is 79.6 Å². The molecular formula is C10H19NO2. The molecule has 2 N–H and O–H groups in total. The molecule has 0 saturated carbocycles. The molecule has 1 heterocycles. The molecule has 3 nitrogen and oxygen atoms in total. The van der Waals surface area contributed by atoms with Crippen molar-refractivity contribution in [3.05, 3.63) is 0 Å². The first-order chi connectivity index (χ1) is 6.13. The minimum absolute atomic E-state index is 0.0110. The summed E-state index contributed by atoms with van der Waals surface area (Å²) in [5.41, 5.74) is 5.69. The Morgan fingerprint density at radius 1 is 1.38 bits per heavy atom. The first-order valence-electron chi connectivity index (χ1n) is 5.00. The van der Waals surface area contributed by atoms with Crippen LogP contribution in [-0.4, -0.2) is 25.0 Å². The molecule has 1 saturated heterocycles. The molecule has 1 aliphatic rings. The average molecular weight is 185 g/mol. The topological polar surface area (TPSA) is 52.3 Å². The summed E-state index contributed by atoms with van der Waals surface area (Å²) in [6.07, 6.45) is 1.74. The quantitative estimate of drug-likeness (QED) is 0.712. The second-order valence-electron chi connectivity index (χ2n) is 3.94. The zero-order valence-electron chi connectivity index (χ0n) is 8.45. The van der Waals surface area contributed by atoms with Crippen LogP contribution >= 0.6 is 0 Å². The smallest absolute Gasteiger partial charge is 0.140 e. The van der Waals surface area contributed by atoms with Gasteiger partial charge >= 0.3 is 0 Å². The monoisotopic (exact) mass is 185 g/mol. The third-order valence-electron chi connectivity index (χ3n) is 2.86. The van der Waals surface area contributed by atoms with Gasteiger partial charge in [-0.05, 0) is 19.8 Å². The van der Waals surface area contributed by atoms with Crippen molar-refractivity contribution in [2.45, 2.75) is 32.7 Å². The Bertz CT molecular complexity index is 174. The van der Waals surface area contributed by atoms with Gasteiger partial charge in [0, 0.05) is 31.1 Å². The number of rotatable bonds is 3. The number of nitrogens with two attached hydrogens (primary N) is 1. The lowest BCUT2D eigenvalue weighted by atomic mass is 9.85. The second kappa shape index (κ2) is 4.72. The normalized spacial score (nSPS) is 23.9. The highest BCUT2D eigenvalue weighted by Gasteiger charge is 2.27. The van der Waals surface area contributed by atoms with Crippen LogP contribution in [0.5, 0.6) is 0 Å². The number of Topliss-reactive ketones (excluding diaryl/α,β-unsaturated/α-hetero) is 1. The summed E-state index contributed by atoms with van der Waals surface area (Å²) in [6.45, 7) is 5.26. The fraction of sp³-hybridized carbons (Fsp3) is 0.900. The fourth-order valence-corrected chi connectivity index (χ4v) is 1.61. The van der Waals surface area contributed by atoms with Crippen molar-refractivity contribution in [1.82, 2.24) is 0 Å². The lowest BCUT2D eigenvalue weighted by Gasteiger charge is -2.25. The average Bonchev–Trinajstić information content (AvgIpc) is 2.17. The number of ketones is 1. The molecule has 0 amide bonds. The molecule has 1 aliphatic heterocycles. The van der Waals surface area contributed by atoms with Crippen LogP contribution in [0.1, 0.15) is 26.7 Å². The molecule has 0 spiro atoms. The third-order valence-corrected chi connectivity index (χ3v) is 2.86. The van der Waals surface area contributed by atoms with Gasteiger partial charge in [0.2, 0.25) is 0 Å². The molecule has 0 bridgehead atoms. The molecule has 0 aromatic carbocycles. The SMILES string of the molecule is CC(N)C(C)C(=O)C1CCOCC1. The fourth-order valence-electron chi connectivity index (χ4n) is 1.61. The van der Waals surface area contributed by atoms with Gasteiger partial charge in [-0.1, -0.05) is 6.92 Å². The third kappa shape index (κ3) is 2.78. The van der Waals surface area contributed by atoms with E-state index in [2.05, 4.69) is 0 Å². The maximum absolute atomic E-state index is 11.8. The van der Waals surface area contributed by atoms with E-state index in [0.717, 1.165) is 26.1 Å². The van der Waals surface area contributed by atoms with Crippen LogP contribution in [0.25, 0.3) is 0 Å². The van der Waals surface area contributed by atoms with Gasteiger partial charge in [-0.3, -0.25) is 4.79 Å². The Balaban J connectivity index is 2.45. The molecule has 0 radical (unpaired) electrons. The summed E-state index contributed by atoms with van der Waals surface area (Å²) >= 11 is 0. The van der Waals surface area contributed by atoms with Crippen molar-refractivity contribution in [3.8, 4) is 0 Å². The predicted octanol–water partition coefficient (Wildman–Crippen LogP) is 0.965. The van der Waals surface area contributed by atoms with E-state index in [-0.39, 0.29) is 17.9 Å². The highest BCUT2D eigenvalue weighted by atomic mass is 16.5. The highest BCUT2D eigenvalue weighted by molar-refractivity contribution is 5.83. The molecule has 1 rings (SSSR count). The van der Waals surface area contributed by atoms with Gasteiger partial charge in [-0.15, -0.1) is 0 Å². The lowest BCUT2D eigenvalue weighted by molar-refractivity contribution is -0.129. The number of carbonyl (C=O) groups is 1. The number of hydrogen-bond acceptors (Lipinski definition) is 3. The first-order valence-corrected chi connectivity index (χ1v) is 5.00. The number of carbonyl (C=O) groups excluding carboxylic acids is 1. The van der Waals surface area contributed by atoms with Crippen LogP contribution in [0.4, 0.5) is 0 Å². The van der Waals surface area contributed by atoms with E-state index >= 15 is 0 Å². The molecule has 1 fully saturated rings. The molecule has 3 heteroatoms. The van der Waals surface area contributed by atoms with E-state index in [9.17, 15) is 4.79 Å². The Morgan fingerprint density at radius 3 is 2.38 bits per heavy atom. The van der Waals surface area contributed by atoms with Crippen LogP contribution < -0.4 is 5.73 Å². The summed E-state index contributed by atoms with van der Waals surface area (Å²) in [4.78, 5) is 11.8. The molecular weight excluding hydrogens is 166 g/mol. The Hall–Kier alpha value is -0.410. The molecule has 76 valence electrons. The van der Waals surface area contributed by atoms with Crippen LogP contribution in [0.15, 0.2) is 0 Å². The van der Waals surface area contributed by atoms with Gasteiger partial charge in [-0.25, -0.2) is 0 Å². The molecule has 13 heavy (non-hydrogen) atoms. The van der Waals surface area contributed by atoms with Gasteiger partial charge in [-0.2, -0.15) is 0 Å². The zero-order valence-corrected chi connectivity index (χ0v) is 8.45. The molecule has 2 unspecified atom stereocenters. The van der Waals surface area contributed by atoms with Gasteiger partial charge in [0.15, 0.2) is 0 Å². The van der Waals surface area contributed by atoms with Gasteiger partial charge in [0.25, 0.3) is 0 Å². The van der Waals surface area contributed by atoms with Gasteiger partial charge in [0.05, 0.1) is 0 Å². The molecule has 0 aliphatic carbocycles. The molecule has 0 aromatic heterocycles. The first kappa shape index (κ1) is 10.7. The number of ether oxygens (including phenoxy) is 1. The summed E-state index contributed by atoms with van der Waals surface area (Å²) in [5.74, 6) is 0.496. The standard InChI is InChI=1S/C10H19NO2/c1-7(8(2)11)10(12)9-3-5-13-6-4-9/h7-9H,3-6,11H2,1-2H3.